The summed E-state index contributed by atoms with van der Waals surface area (Å²) in [5.41, 5.74) is 1.80. The zero-order chi connectivity index (χ0) is 23.5. The average Bonchev–Trinajstić information content (AvgIpc) is 2.75. The second-order valence-electron chi connectivity index (χ2n) is 7.45. The second-order valence-corrected chi connectivity index (χ2v) is 9.71. The lowest BCUT2D eigenvalue weighted by molar-refractivity contribution is -0.139. The van der Waals surface area contributed by atoms with Crippen molar-refractivity contribution in [2.45, 2.75) is 51.4 Å². The van der Waals surface area contributed by atoms with Gasteiger partial charge >= 0.3 is 0 Å². The fourth-order valence-corrected chi connectivity index (χ4v) is 4.76. The van der Waals surface area contributed by atoms with E-state index in [-0.39, 0.29) is 24.1 Å². The van der Waals surface area contributed by atoms with Gasteiger partial charge in [0.25, 0.3) is 0 Å². The lowest BCUT2D eigenvalue weighted by atomic mass is 10.1. The largest absolute Gasteiger partial charge is 0.354 e. The summed E-state index contributed by atoms with van der Waals surface area (Å²) in [5.74, 6) is 0.650. The molecule has 2 amide bonds. The average molecular weight is 516 g/mol. The van der Waals surface area contributed by atoms with Gasteiger partial charge in [-0.05, 0) is 48.2 Å². The van der Waals surface area contributed by atoms with Crippen LogP contribution in [0.1, 0.15) is 44.2 Å². The van der Waals surface area contributed by atoms with Gasteiger partial charge in [0, 0.05) is 33.9 Å². The molecule has 2 rings (SSSR count). The number of rotatable bonds is 12. The predicted molar refractivity (Wildman–Crippen MR) is 137 cm³/mol. The highest BCUT2D eigenvalue weighted by Crippen LogP contribution is 2.25. The Hall–Kier alpha value is -1.40. The lowest BCUT2D eigenvalue weighted by Crippen LogP contribution is -2.49. The number of nitrogens with one attached hydrogen (secondary N) is 1. The number of unbranched alkanes of at least 4 members (excludes halogenated alkanes) is 1. The molecule has 1 N–H and O–H groups in total. The maximum atomic E-state index is 13.2. The highest BCUT2D eigenvalue weighted by molar-refractivity contribution is 7.99. The van der Waals surface area contributed by atoms with Crippen LogP contribution in [0.4, 0.5) is 0 Å². The number of carbonyl (C=O) groups excluding carboxylic acids is 2. The van der Waals surface area contributed by atoms with E-state index in [1.54, 1.807) is 23.1 Å². The van der Waals surface area contributed by atoms with Crippen LogP contribution >= 0.6 is 46.6 Å². The number of benzene rings is 2. The van der Waals surface area contributed by atoms with Crippen molar-refractivity contribution in [1.29, 1.82) is 0 Å². The van der Waals surface area contributed by atoms with Crippen LogP contribution in [0.3, 0.4) is 0 Å². The van der Waals surface area contributed by atoms with Crippen LogP contribution in [0.5, 0.6) is 0 Å². The monoisotopic (exact) mass is 514 g/mol. The van der Waals surface area contributed by atoms with Crippen LogP contribution in [-0.4, -0.2) is 35.1 Å². The molecule has 0 aromatic heterocycles. The van der Waals surface area contributed by atoms with Crippen LogP contribution < -0.4 is 5.32 Å². The van der Waals surface area contributed by atoms with E-state index >= 15 is 0 Å². The molecule has 0 aliphatic carbocycles. The van der Waals surface area contributed by atoms with Gasteiger partial charge in [-0.15, -0.1) is 11.8 Å². The second kappa shape index (κ2) is 14.0. The normalized spacial score (nSPS) is 11.8. The molecule has 2 aromatic carbocycles. The fraction of sp³-hybridized carbons (Fsp3) is 0.417. The van der Waals surface area contributed by atoms with Crippen molar-refractivity contribution in [3.05, 3.63) is 68.7 Å². The molecule has 0 spiro atoms. The van der Waals surface area contributed by atoms with E-state index in [0.717, 1.165) is 24.0 Å². The zero-order valence-electron chi connectivity index (χ0n) is 18.4. The summed E-state index contributed by atoms with van der Waals surface area (Å²) in [6, 6.07) is 12.2. The Morgan fingerprint density at radius 1 is 1.06 bits per heavy atom. The van der Waals surface area contributed by atoms with Crippen molar-refractivity contribution in [2.75, 3.05) is 12.3 Å². The maximum absolute atomic E-state index is 13.2. The number of hydrogen-bond donors (Lipinski definition) is 1. The van der Waals surface area contributed by atoms with E-state index in [1.807, 2.05) is 31.2 Å². The minimum Gasteiger partial charge on any atom is -0.354 e. The molecule has 0 heterocycles. The first-order chi connectivity index (χ1) is 15.3. The van der Waals surface area contributed by atoms with Gasteiger partial charge in [0.2, 0.25) is 11.8 Å². The van der Waals surface area contributed by atoms with Crippen LogP contribution in [0.2, 0.25) is 15.1 Å². The SMILES string of the molecule is CCCCNC(=O)C(CC)N(Cc1ccc(Cl)cc1Cl)C(=O)CSCc1cccc(Cl)c1. The van der Waals surface area contributed by atoms with E-state index in [9.17, 15) is 9.59 Å². The van der Waals surface area contributed by atoms with Gasteiger partial charge in [0.05, 0.1) is 5.75 Å². The van der Waals surface area contributed by atoms with Crippen molar-refractivity contribution >= 4 is 58.4 Å². The summed E-state index contributed by atoms with van der Waals surface area (Å²) in [6.45, 7) is 4.82. The molecule has 0 aliphatic rings. The smallest absolute Gasteiger partial charge is 0.242 e. The summed E-state index contributed by atoms with van der Waals surface area (Å²) < 4.78 is 0. The van der Waals surface area contributed by atoms with E-state index in [1.165, 1.54) is 11.8 Å². The third-order valence-corrected chi connectivity index (χ3v) is 6.77. The number of hydrogen-bond acceptors (Lipinski definition) is 3. The Bertz CT molecular complexity index is 911. The number of nitrogens with zero attached hydrogens (tertiary/aromatic N) is 1. The van der Waals surface area contributed by atoms with E-state index in [4.69, 9.17) is 34.8 Å². The summed E-state index contributed by atoms with van der Waals surface area (Å²) in [4.78, 5) is 27.8. The van der Waals surface area contributed by atoms with Crippen molar-refractivity contribution in [2.24, 2.45) is 0 Å². The highest BCUT2D eigenvalue weighted by Gasteiger charge is 2.28. The lowest BCUT2D eigenvalue weighted by Gasteiger charge is -2.31. The third kappa shape index (κ3) is 8.51. The van der Waals surface area contributed by atoms with Crippen LogP contribution in [-0.2, 0) is 21.9 Å². The molecule has 1 unspecified atom stereocenters. The molecule has 0 bridgehead atoms. The fourth-order valence-electron chi connectivity index (χ4n) is 3.22. The zero-order valence-corrected chi connectivity index (χ0v) is 21.5. The summed E-state index contributed by atoms with van der Waals surface area (Å²) in [5, 5.41) is 4.63. The Morgan fingerprint density at radius 2 is 1.81 bits per heavy atom. The van der Waals surface area contributed by atoms with Crippen LogP contribution in [0.25, 0.3) is 0 Å². The van der Waals surface area contributed by atoms with Crippen molar-refractivity contribution < 1.29 is 9.59 Å². The standard InChI is InChI=1S/C24H29Cl3N2O2S/c1-3-5-11-28-24(31)22(4-2)29(14-18-9-10-20(26)13-21(18)27)23(30)16-32-15-17-7-6-8-19(25)12-17/h6-10,12-13,22H,3-5,11,14-16H2,1-2H3,(H,28,31). The first-order valence-electron chi connectivity index (χ1n) is 10.7. The Balaban J connectivity index is 2.15. The van der Waals surface area contributed by atoms with Gasteiger partial charge < -0.3 is 10.2 Å². The van der Waals surface area contributed by atoms with Gasteiger partial charge in [-0.1, -0.05) is 73.3 Å². The van der Waals surface area contributed by atoms with Gasteiger partial charge in [-0.2, -0.15) is 0 Å². The van der Waals surface area contributed by atoms with Crippen molar-refractivity contribution in [3.8, 4) is 0 Å². The molecule has 0 saturated heterocycles. The molecular formula is C24H29Cl3N2O2S. The van der Waals surface area contributed by atoms with Crippen LogP contribution in [0.15, 0.2) is 42.5 Å². The van der Waals surface area contributed by atoms with Crippen molar-refractivity contribution in [1.82, 2.24) is 10.2 Å². The Morgan fingerprint density at radius 3 is 2.47 bits per heavy atom. The predicted octanol–water partition coefficient (Wildman–Crippen LogP) is 6.60. The molecule has 0 fully saturated rings. The van der Waals surface area contributed by atoms with E-state index in [0.29, 0.717) is 33.8 Å². The maximum Gasteiger partial charge on any atom is 0.242 e. The van der Waals surface area contributed by atoms with Crippen molar-refractivity contribution in [3.63, 3.8) is 0 Å². The van der Waals surface area contributed by atoms with E-state index in [2.05, 4.69) is 12.2 Å². The van der Waals surface area contributed by atoms with Gasteiger partial charge in [-0.3, -0.25) is 9.59 Å². The molecule has 0 aliphatic heterocycles. The minimum atomic E-state index is -0.571. The molecule has 2 aromatic rings. The molecular weight excluding hydrogens is 487 g/mol. The van der Waals surface area contributed by atoms with Gasteiger partial charge in [0.1, 0.15) is 6.04 Å². The number of thioether (sulfide) groups is 1. The Kier molecular flexibility index (Phi) is 11.7. The number of amides is 2. The number of halogens is 3. The number of carbonyl (C=O) groups is 2. The van der Waals surface area contributed by atoms with E-state index < -0.39 is 6.04 Å². The Labute approximate surface area is 210 Å². The first-order valence-corrected chi connectivity index (χ1v) is 13.0. The molecule has 32 heavy (non-hydrogen) atoms. The molecule has 174 valence electrons. The quantitative estimate of drug-likeness (QED) is 0.324. The highest BCUT2D eigenvalue weighted by atomic mass is 35.5. The van der Waals surface area contributed by atoms with Gasteiger partial charge in [0.15, 0.2) is 0 Å². The van der Waals surface area contributed by atoms with Gasteiger partial charge in [-0.25, -0.2) is 0 Å². The summed E-state index contributed by atoms with van der Waals surface area (Å²) in [6.07, 6.45) is 2.39. The summed E-state index contributed by atoms with van der Waals surface area (Å²) in [7, 11) is 0. The molecule has 8 heteroatoms. The minimum absolute atomic E-state index is 0.111. The topological polar surface area (TPSA) is 49.4 Å². The summed E-state index contributed by atoms with van der Waals surface area (Å²) >= 11 is 19.9. The molecule has 4 nitrogen and oxygen atoms in total. The molecule has 0 saturated carbocycles. The molecule has 1 atom stereocenters. The first kappa shape index (κ1) is 26.8. The molecule has 0 radical (unpaired) electrons. The van der Waals surface area contributed by atoms with Crippen LogP contribution in [0, 0.1) is 0 Å². The third-order valence-electron chi connectivity index (χ3n) is 4.95.